The molecule has 0 saturated carbocycles. The van der Waals surface area contributed by atoms with Gasteiger partial charge in [0.2, 0.25) is 0 Å². The Balaban J connectivity index is 1.67. The number of fused-ring (bicyclic) bond motifs is 1. The Labute approximate surface area is 133 Å². The van der Waals surface area contributed by atoms with Gasteiger partial charge >= 0.3 is 0 Å². The number of hydrogen-bond donors (Lipinski definition) is 0. The molecule has 0 bridgehead atoms. The van der Waals surface area contributed by atoms with E-state index in [-0.39, 0.29) is 5.82 Å². The van der Waals surface area contributed by atoms with E-state index in [1.807, 2.05) is 19.3 Å². The molecule has 1 aliphatic rings. The monoisotopic (exact) mass is 311 g/mol. The van der Waals surface area contributed by atoms with E-state index >= 15 is 0 Å². The van der Waals surface area contributed by atoms with Gasteiger partial charge in [-0.3, -0.25) is 4.68 Å². The van der Waals surface area contributed by atoms with Crippen LogP contribution in [0.15, 0.2) is 36.8 Å². The van der Waals surface area contributed by atoms with Gasteiger partial charge < -0.3 is 4.90 Å². The lowest BCUT2D eigenvalue weighted by molar-refractivity contribution is 0.617. The number of anilines is 1. The largest absolute Gasteiger partial charge is 0.353 e. The molecule has 1 atom stereocenters. The van der Waals surface area contributed by atoms with Crippen LogP contribution in [-0.2, 0) is 13.5 Å². The second kappa shape index (κ2) is 5.61. The van der Waals surface area contributed by atoms with Crippen LogP contribution in [0.5, 0.6) is 0 Å². The van der Waals surface area contributed by atoms with Crippen LogP contribution in [0.2, 0.25) is 0 Å². The van der Waals surface area contributed by atoms with Gasteiger partial charge in [0, 0.05) is 19.6 Å². The van der Waals surface area contributed by atoms with Crippen LogP contribution in [-0.4, -0.2) is 32.3 Å². The highest BCUT2D eigenvalue weighted by molar-refractivity contribution is 5.86. The van der Waals surface area contributed by atoms with Crippen LogP contribution in [0.25, 0.3) is 11.0 Å². The molecule has 3 aromatic rings. The third kappa shape index (κ3) is 2.54. The standard InChI is InChI=1S/C17H18FN5/c1-22-16-15(10-21-22)17(20-11-19-16)23-7-3-6-14(23)9-12-4-2-5-13(18)8-12/h2,4-5,8,10-11,14H,3,6-7,9H2,1H3. The van der Waals surface area contributed by atoms with Crippen molar-refractivity contribution in [2.45, 2.75) is 25.3 Å². The predicted molar refractivity (Wildman–Crippen MR) is 86.8 cm³/mol. The van der Waals surface area contributed by atoms with Crippen molar-refractivity contribution in [2.24, 2.45) is 7.05 Å². The SMILES string of the molecule is Cn1ncc2c(N3CCCC3Cc3cccc(F)c3)ncnc21. The van der Waals surface area contributed by atoms with Crippen LogP contribution >= 0.6 is 0 Å². The van der Waals surface area contributed by atoms with Crippen LogP contribution in [0.3, 0.4) is 0 Å². The Morgan fingerprint density at radius 2 is 2.22 bits per heavy atom. The van der Waals surface area contributed by atoms with Crippen LogP contribution in [0.1, 0.15) is 18.4 Å². The molecular weight excluding hydrogens is 293 g/mol. The lowest BCUT2D eigenvalue weighted by atomic mass is 10.0. The summed E-state index contributed by atoms with van der Waals surface area (Å²) < 4.78 is 15.2. The molecule has 23 heavy (non-hydrogen) atoms. The molecule has 0 aliphatic carbocycles. The van der Waals surface area contributed by atoms with Crippen molar-refractivity contribution in [1.29, 1.82) is 0 Å². The van der Waals surface area contributed by atoms with Gasteiger partial charge in [-0.2, -0.15) is 5.10 Å². The fraction of sp³-hybridized carbons (Fsp3) is 0.353. The molecule has 6 heteroatoms. The Morgan fingerprint density at radius 3 is 3.09 bits per heavy atom. The summed E-state index contributed by atoms with van der Waals surface area (Å²) >= 11 is 0. The van der Waals surface area contributed by atoms with E-state index < -0.39 is 0 Å². The highest BCUT2D eigenvalue weighted by Gasteiger charge is 2.28. The molecule has 0 radical (unpaired) electrons. The lowest BCUT2D eigenvalue weighted by Gasteiger charge is -2.26. The van der Waals surface area contributed by atoms with E-state index in [0.29, 0.717) is 6.04 Å². The maximum atomic E-state index is 13.4. The average Bonchev–Trinajstić information content (AvgIpc) is 3.15. The molecule has 0 N–H and O–H groups in total. The zero-order valence-corrected chi connectivity index (χ0v) is 13.0. The summed E-state index contributed by atoms with van der Waals surface area (Å²) in [6.07, 6.45) is 6.44. The first-order chi connectivity index (χ1) is 11.2. The molecule has 5 nitrogen and oxygen atoms in total. The van der Waals surface area contributed by atoms with Gasteiger partial charge in [-0.15, -0.1) is 0 Å². The van der Waals surface area contributed by atoms with E-state index in [0.717, 1.165) is 48.2 Å². The first kappa shape index (κ1) is 14.1. The quantitative estimate of drug-likeness (QED) is 0.746. The van der Waals surface area contributed by atoms with E-state index in [2.05, 4.69) is 20.0 Å². The topological polar surface area (TPSA) is 46.8 Å². The van der Waals surface area contributed by atoms with Crippen LogP contribution < -0.4 is 4.90 Å². The molecule has 0 spiro atoms. The zero-order chi connectivity index (χ0) is 15.8. The third-order valence-corrected chi connectivity index (χ3v) is 4.52. The Morgan fingerprint density at radius 1 is 1.30 bits per heavy atom. The van der Waals surface area contributed by atoms with Gasteiger partial charge in [-0.25, -0.2) is 14.4 Å². The maximum Gasteiger partial charge on any atom is 0.163 e. The van der Waals surface area contributed by atoms with Gasteiger partial charge in [0.1, 0.15) is 18.0 Å². The maximum absolute atomic E-state index is 13.4. The van der Waals surface area contributed by atoms with Crippen molar-refractivity contribution in [3.05, 3.63) is 48.2 Å². The molecular formula is C17H18FN5. The molecule has 1 unspecified atom stereocenters. The number of halogens is 1. The van der Waals surface area contributed by atoms with Gasteiger partial charge in [-0.1, -0.05) is 12.1 Å². The number of benzene rings is 1. The lowest BCUT2D eigenvalue weighted by Crippen LogP contribution is -2.32. The second-order valence-electron chi connectivity index (χ2n) is 6.03. The highest BCUT2D eigenvalue weighted by atomic mass is 19.1. The van der Waals surface area contributed by atoms with Crippen molar-refractivity contribution < 1.29 is 4.39 Å². The molecule has 2 aromatic heterocycles. The van der Waals surface area contributed by atoms with Gasteiger partial charge in [0.25, 0.3) is 0 Å². The number of aryl methyl sites for hydroxylation is 1. The Bertz CT molecular complexity index is 844. The zero-order valence-electron chi connectivity index (χ0n) is 13.0. The highest BCUT2D eigenvalue weighted by Crippen LogP contribution is 2.30. The molecule has 1 saturated heterocycles. The molecule has 4 rings (SSSR count). The van der Waals surface area contributed by atoms with Crippen molar-refractivity contribution in [3.63, 3.8) is 0 Å². The number of rotatable bonds is 3. The van der Waals surface area contributed by atoms with Gasteiger partial charge in [0.15, 0.2) is 5.65 Å². The fourth-order valence-electron chi connectivity index (χ4n) is 3.44. The number of nitrogens with zero attached hydrogens (tertiary/aromatic N) is 5. The van der Waals surface area contributed by atoms with Crippen molar-refractivity contribution in [1.82, 2.24) is 19.7 Å². The second-order valence-corrected chi connectivity index (χ2v) is 6.03. The van der Waals surface area contributed by atoms with Crippen LogP contribution in [0.4, 0.5) is 10.2 Å². The molecule has 1 aromatic carbocycles. The van der Waals surface area contributed by atoms with Gasteiger partial charge in [-0.05, 0) is 37.0 Å². The molecule has 1 fully saturated rings. The summed E-state index contributed by atoms with van der Waals surface area (Å²) in [6, 6.07) is 7.19. The van der Waals surface area contributed by atoms with E-state index in [1.54, 1.807) is 23.1 Å². The number of hydrogen-bond acceptors (Lipinski definition) is 4. The first-order valence-electron chi connectivity index (χ1n) is 7.86. The Kier molecular flexibility index (Phi) is 3.44. The predicted octanol–water partition coefficient (Wildman–Crippen LogP) is 2.71. The summed E-state index contributed by atoms with van der Waals surface area (Å²) in [4.78, 5) is 11.1. The summed E-state index contributed by atoms with van der Waals surface area (Å²) in [5, 5.41) is 5.26. The summed E-state index contributed by atoms with van der Waals surface area (Å²) in [6.45, 7) is 0.959. The van der Waals surface area contributed by atoms with Crippen LogP contribution in [0, 0.1) is 5.82 Å². The minimum absolute atomic E-state index is 0.177. The van der Waals surface area contributed by atoms with E-state index in [9.17, 15) is 4.39 Å². The minimum atomic E-state index is -0.177. The van der Waals surface area contributed by atoms with Crippen molar-refractivity contribution in [2.75, 3.05) is 11.4 Å². The third-order valence-electron chi connectivity index (χ3n) is 4.52. The summed E-state index contributed by atoms with van der Waals surface area (Å²) in [7, 11) is 1.88. The van der Waals surface area contributed by atoms with Crippen molar-refractivity contribution in [3.8, 4) is 0 Å². The number of aromatic nitrogens is 4. The average molecular weight is 311 g/mol. The molecule has 118 valence electrons. The first-order valence-corrected chi connectivity index (χ1v) is 7.86. The molecule has 1 aliphatic heterocycles. The molecule has 0 amide bonds. The smallest absolute Gasteiger partial charge is 0.163 e. The summed E-state index contributed by atoms with van der Waals surface area (Å²) in [5.41, 5.74) is 1.87. The van der Waals surface area contributed by atoms with Gasteiger partial charge in [0.05, 0.1) is 11.6 Å². The summed E-state index contributed by atoms with van der Waals surface area (Å²) in [5.74, 6) is 0.755. The fourth-order valence-corrected chi connectivity index (χ4v) is 3.44. The van der Waals surface area contributed by atoms with E-state index in [4.69, 9.17) is 0 Å². The normalized spacial score (nSPS) is 18.0. The minimum Gasteiger partial charge on any atom is -0.353 e. The molecule has 3 heterocycles. The van der Waals surface area contributed by atoms with Crippen molar-refractivity contribution >= 4 is 16.9 Å². The Hall–Kier alpha value is -2.50. The van der Waals surface area contributed by atoms with E-state index in [1.165, 1.54) is 6.07 Å².